The van der Waals surface area contributed by atoms with E-state index in [-0.39, 0.29) is 0 Å². The lowest BCUT2D eigenvalue weighted by Gasteiger charge is -2.18. The summed E-state index contributed by atoms with van der Waals surface area (Å²) in [4.78, 5) is 21.6. The van der Waals surface area contributed by atoms with E-state index in [1.807, 2.05) is 5.43 Å². The first kappa shape index (κ1) is 17.8. The van der Waals surface area contributed by atoms with Gasteiger partial charge in [0.1, 0.15) is 6.54 Å². The summed E-state index contributed by atoms with van der Waals surface area (Å²) in [5.74, 6) is 3.53. The van der Waals surface area contributed by atoms with Gasteiger partial charge in [-0.05, 0) is 12.8 Å². The molecule has 0 spiro atoms. The highest BCUT2D eigenvalue weighted by atomic mass is 19.4. The Morgan fingerprint density at radius 3 is 2.11 bits per heavy atom. The smallest absolute Gasteiger partial charge is 0.340 e. The fourth-order valence-electron chi connectivity index (χ4n) is 1.15. The van der Waals surface area contributed by atoms with Crippen LogP contribution in [0.5, 0.6) is 0 Å². The Labute approximate surface area is 110 Å². The van der Waals surface area contributed by atoms with Gasteiger partial charge in [0.2, 0.25) is 5.78 Å². The molecule has 112 valence electrons. The lowest BCUT2D eigenvalue weighted by Crippen LogP contribution is -2.47. The van der Waals surface area contributed by atoms with Gasteiger partial charge in [-0.1, -0.05) is 26.2 Å². The van der Waals surface area contributed by atoms with E-state index in [2.05, 4.69) is 6.92 Å². The molecule has 0 aromatic carbocycles. The second-order valence-corrected chi connectivity index (χ2v) is 4.59. The molecule has 1 aliphatic carbocycles. The molecule has 19 heavy (non-hydrogen) atoms. The van der Waals surface area contributed by atoms with Gasteiger partial charge in [-0.25, -0.2) is 5.43 Å². The van der Waals surface area contributed by atoms with E-state index in [4.69, 9.17) is 5.84 Å². The second kappa shape index (κ2) is 8.11. The third-order valence-corrected chi connectivity index (χ3v) is 2.71. The number of hydrogen-bond acceptors (Lipinski definition) is 4. The minimum Gasteiger partial charge on any atom is -0.340 e. The Balaban J connectivity index is 0.000000532. The highest BCUT2D eigenvalue weighted by Gasteiger charge is 2.30. The number of halogens is 3. The quantitative estimate of drug-likeness (QED) is 0.406. The minimum atomic E-state index is -4.53. The van der Waals surface area contributed by atoms with Crippen molar-refractivity contribution in [2.24, 2.45) is 11.8 Å². The first-order valence-corrected chi connectivity index (χ1v) is 6.02. The molecular weight excluding hydrogens is 263 g/mol. The Bertz CT molecular complexity index is 304. The lowest BCUT2D eigenvalue weighted by atomic mass is 9.88. The van der Waals surface area contributed by atoms with E-state index in [1.165, 1.54) is 31.5 Å². The van der Waals surface area contributed by atoms with Crippen molar-refractivity contribution in [2.75, 3.05) is 6.54 Å². The zero-order chi connectivity index (χ0) is 15.1. The average Bonchev–Trinajstić information content (AvgIpc) is 2.31. The zero-order valence-corrected chi connectivity index (χ0v) is 11.0. The Hall–Kier alpha value is -1.15. The van der Waals surface area contributed by atoms with Gasteiger partial charge in [-0.3, -0.25) is 15.4 Å². The third kappa shape index (κ3) is 8.55. The molecular formula is C11H20F3N3O2. The Morgan fingerprint density at radius 1 is 1.37 bits per heavy atom. The van der Waals surface area contributed by atoms with Crippen LogP contribution in [-0.2, 0) is 9.59 Å². The molecule has 8 heteroatoms. The molecule has 4 N–H and O–H groups in total. The fraction of sp³-hybridized carbons (Fsp3) is 0.818. The number of nitrogens with one attached hydrogen (secondary N) is 2. The number of Topliss-reactive ketones (excluding diaryl/α,β-unsaturated/α-hetero) is 1. The predicted octanol–water partition coefficient (Wildman–Crippen LogP) is 0.892. The van der Waals surface area contributed by atoms with Crippen LogP contribution in [0.2, 0.25) is 0 Å². The van der Waals surface area contributed by atoms with Crippen molar-refractivity contribution in [3.63, 3.8) is 0 Å². The first-order chi connectivity index (χ1) is 8.67. The molecule has 0 saturated heterocycles. The topological polar surface area (TPSA) is 84.2 Å². The normalized spacial score (nSPS) is 16.7. The maximum Gasteiger partial charge on any atom is 0.405 e. The molecule has 1 saturated carbocycles. The van der Waals surface area contributed by atoms with Crippen LogP contribution in [-0.4, -0.2) is 30.5 Å². The van der Waals surface area contributed by atoms with Gasteiger partial charge in [0.05, 0.1) is 6.04 Å². The average molecular weight is 283 g/mol. The van der Waals surface area contributed by atoms with Crippen LogP contribution in [0.25, 0.3) is 0 Å². The molecule has 0 bridgehead atoms. The number of hydrazine groups is 1. The van der Waals surface area contributed by atoms with Gasteiger partial charge in [-0.2, -0.15) is 13.2 Å². The summed E-state index contributed by atoms with van der Waals surface area (Å²) in [7, 11) is 0. The number of rotatable bonds is 4. The Morgan fingerprint density at radius 2 is 1.84 bits per heavy atom. The molecule has 0 aromatic rings. The molecule has 0 heterocycles. The standard InChI is InChI=1S/C6H10F3N3O2.C5H10/c1-3(12-10)4(13)5(14)11-2-6(7,8)9;1-5-3-2-4-5/h3,12H,2,10H2,1H3,(H,11,14);5H,2-4H2,1H3. The van der Waals surface area contributed by atoms with Gasteiger partial charge in [0.15, 0.2) is 0 Å². The predicted molar refractivity (Wildman–Crippen MR) is 63.9 cm³/mol. The number of hydrogen-bond donors (Lipinski definition) is 3. The van der Waals surface area contributed by atoms with Crippen LogP contribution < -0.4 is 16.6 Å². The molecule has 0 aliphatic heterocycles. The summed E-state index contributed by atoms with van der Waals surface area (Å²) in [6.45, 7) is 2.04. The van der Waals surface area contributed by atoms with Gasteiger partial charge in [0, 0.05) is 0 Å². The molecule has 1 fully saturated rings. The van der Waals surface area contributed by atoms with Gasteiger partial charge < -0.3 is 5.32 Å². The molecule has 0 radical (unpaired) electrons. The monoisotopic (exact) mass is 283 g/mol. The van der Waals surface area contributed by atoms with Crippen LogP contribution >= 0.6 is 0 Å². The highest BCUT2D eigenvalue weighted by molar-refractivity contribution is 6.38. The summed E-state index contributed by atoms with van der Waals surface area (Å²) in [6.07, 6.45) is -0.0729. The first-order valence-electron chi connectivity index (χ1n) is 6.02. The van der Waals surface area contributed by atoms with Crippen molar-refractivity contribution < 1.29 is 22.8 Å². The van der Waals surface area contributed by atoms with Crippen LogP contribution in [0.1, 0.15) is 33.1 Å². The summed E-state index contributed by atoms with van der Waals surface area (Å²) in [5.41, 5.74) is 1.95. The summed E-state index contributed by atoms with van der Waals surface area (Å²) >= 11 is 0. The highest BCUT2D eigenvalue weighted by Crippen LogP contribution is 2.24. The van der Waals surface area contributed by atoms with E-state index in [0.717, 1.165) is 5.92 Å². The molecule has 5 nitrogen and oxygen atoms in total. The summed E-state index contributed by atoms with van der Waals surface area (Å²) in [5, 5.41) is 1.43. The van der Waals surface area contributed by atoms with Crippen LogP contribution in [0.15, 0.2) is 0 Å². The Kier molecular flexibility index (Phi) is 7.62. The molecule has 0 aromatic heterocycles. The van der Waals surface area contributed by atoms with E-state index in [0.29, 0.717) is 0 Å². The number of ketones is 1. The van der Waals surface area contributed by atoms with Gasteiger partial charge in [0.25, 0.3) is 5.91 Å². The van der Waals surface area contributed by atoms with Crippen molar-refractivity contribution in [2.45, 2.75) is 45.3 Å². The molecule has 1 unspecified atom stereocenters. The van der Waals surface area contributed by atoms with Crippen molar-refractivity contribution in [3.8, 4) is 0 Å². The molecule has 1 amide bonds. The number of carbonyl (C=O) groups is 2. The maximum atomic E-state index is 11.6. The lowest BCUT2D eigenvalue weighted by molar-refractivity contribution is -0.146. The minimum absolute atomic E-state index is 1.01. The summed E-state index contributed by atoms with van der Waals surface area (Å²) < 4.78 is 34.8. The number of amides is 1. The van der Waals surface area contributed by atoms with Crippen LogP contribution in [0.4, 0.5) is 13.2 Å². The van der Waals surface area contributed by atoms with Gasteiger partial charge >= 0.3 is 6.18 Å². The summed E-state index contributed by atoms with van der Waals surface area (Å²) in [6, 6.07) is -1.01. The van der Waals surface area contributed by atoms with Crippen molar-refractivity contribution in [1.29, 1.82) is 0 Å². The number of carbonyl (C=O) groups excluding carboxylic acids is 2. The van der Waals surface area contributed by atoms with Crippen LogP contribution in [0, 0.1) is 5.92 Å². The third-order valence-electron chi connectivity index (χ3n) is 2.71. The van der Waals surface area contributed by atoms with Crippen molar-refractivity contribution in [3.05, 3.63) is 0 Å². The van der Waals surface area contributed by atoms with E-state index < -0.39 is 30.5 Å². The molecule has 1 aliphatic rings. The number of nitrogens with two attached hydrogens (primary N) is 1. The SMILES string of the molecule is CC(NN)C(=O)C(=O)NCC(F)(F)F.CC1CCC1. The fourth-order valence-corrected chi connectivity index (χ4v) is 1.15. The van der Waals surface area contributed by atoms with E-state index in [1.54, 1.807) is 0 Å². The zero-order valence-electron chi connectivity index (χ0n) is 11.0. The largest absolute Gasteiger partial charge is 0.405 e. The van der Waals surface area contributed by atoms with E-state index in [9.17, 15) is 22.8 Å². The van der Waals surface area contributed by atoms with Gasteiger partial charge in [-0.15, -0.1) is 0 Å². The number of alkyl halides is 3. The van der Waals surface area contributed by atoms with Crippen molar-refractivity contribution >= 4 is 11.7 Å². The maximum absolute atomic E-state index is 11.6. The molecule has 1 rings (SSSR count). The second-order valence-electron chi connectivity index (χ2n) is 4.59. The van der Waals surface area contributed by atoms with Crippen LogP contribution in [0.3, 0.4) is 0 Å². The van der Waals surface area contributed by atoms with Crippen molar-refractivity contribution in [1.82, 2.24) is 10.7 Å². The molecule has 1 atom stereocenters. The van der Waals surface area contributed by atoms with E-state index >= 15 is 0 Å².